The molecule has 2 aliphatic heterocycles. The fourth-order valence-corrected chi connectivity index (χ4v) is 4.18. The summed E-state index contributed by atoms with van der Waals surface area (Å²) in [5.41, 5.74) is 3.13. The maximum absolute atomic E-state index is 11.1. The molecule has 8 heteroatoms. The van der Waals surface area contributed by atoms with Crippen molar-refractivity contribution in [1.82, 2.24) is 0 Å². The zero-order valence-corrected chi connectivity index (χ0v) is 17.9. The van der Waals surface area contributed by atoms with Gasteiger partial charge in [-0.05, 0) is 48.2 Å². The predicted octanol–water partition coefficient (Wildman–Crippen LogP) is 0.372. The highest BCUT2D eigenvalue weighted by atomic mass is 16.7. The fourth-order valence-electron chi connectivity index (χ4n) is 4.18. The van der Waals surface area contributed by atoms with E-state index in [9.17, 15) is 25.5 Å². The molecule has 8 nitrogen and oxygen atoms in total. The van der Waals surface area contributed by atoms with Gasteiger partial charge in [0.1, 0.15) is 36.3 Å². The monoisotopic (exact) mass is 446 g/mol. The van der Waals surface area contributed by atoms with E-state index in [2.05, 4.69) is 0 Å². The maximum atomic E-state index is 11.1. The van der Waals surface area contributed by atoms with Crippen LogP contribution in [0.3, 0.4) is 0 Å². The first-order chi connectivity index (χ1) is 15.3. The van der Waals surface area contributed by atoms with Crippen LogP contribution in [0.4, 0.5) is 0 Å². The normalized spacial score (nSPS) is 32.8. The Morgan fingerprint density at radius 3 is 2.47 bits per heavy atom. The molecule has 0 aromatic heterocycles. The molecule has 0 radical (unpaired) electrons. The molecule has 2 aromatic carbocycles. The van der Waals surface area contributed by atoms with Gasteiger partial charge in [-0.1, -0.05) is 24.3 Å². The molecule has 0 unspecified atom stereocenters. The summed E-state index contributed by atoms with van der Waals surface area (Å²) < 4.78 is 16.7. The highest BCUT2D eigenvalue weighted by Crippen LogP contribution is 2.37. The van der Waals surface area contributed by atoms with Crippen LogP contribution in [0.25, 0.3) is 0 Å². The number of aliphatic hydroxyl groups excluding tert-OH is 4. The molecule has 2 aliphatic rings. The van der Waals surface area contributed by atoms with E-state index >= 15 is 0 Å². The number of rotatable bonds is 6. The Bertz CT molecular complexity index is 909. The van der Waals surface area contributed by atoms with E-state index in [-0.39, 0.29) is 11.7 Å². The lowest BCUT2D eigenvalue weighted by molar-refractivity contribution is -0.357. The number of hydrogen-bond donors (Lipinski definition) is 5. The minimum Gasteiger partial charge on any atom is -0.488 e. The summed E-state index contributed by atoms with van der Waals surface area (Å²) in [4.78, 5) is 0. The Kier molecular flexibility index (Phi) is 6.83. The van der Waals surface area contributed by atoms with Gasteiger partial charge in [-0.25, -0.2) is 0 Å². The lowest BCUT2D eigenvalue weighted by Crippen LogP contribution is -2.63. The fraction of sp³-hybridized carbons (Fsp3) is 0.500. The first-order valence-corrected chi connectivity index (χ1v) is 10.8. The van der Waals surface area contributed by atoms with E-state index in [0.717, 1.165) is 35.5 Å². The van der Waals surface area contributed by atoms with Crippen LogP contribution in [-0.2, 0) is 21.7 Å². The topological polar surface area (TPSA) is 129 Å². The van der Waals surface area contributed by atoms with Gasteiger partial charge < -0.3 is 39.7 Å². The van der Waals surface area contributed by atoms with Crippen molar-refractivity contribution < 1.29 is 39.7 Å². The summed E-state index contributed by atoms with van der Waals surface area (Å²) in [7, 11) is 0. The molecular weight excluding hydrogens is 416 g/mol. The Balaban J connectivity index is 1.53. The highest BCUT2D eigenvalue weighted by Gasteiger charge is 2.53. The molecule has 2 aromatic rings. The first-order valence-electron chi connectivity index (χ1n) is 10.8. The molecule has 2 fully saturated rings. The second kappa shape index (κ2) is 9.44. The molecule has 4 rings (SSSR count). The van der Waals surface area contributed by atoms with Crippen LogP contribution in [0.2, 0.25) is 0 Å². The average Bonchev–Trinajstić information content (AvgIpc) is 3.30. The maximum Gasteiger partial charge on any atom is 0.222 e. The third-order valence-corrected chi connectivity index (χ3v) is 6.24. The molecule has 0 amide bonds. The van der Waals surface area contributed by atoms with E-state index in [1.807, 2.05) is 31.2 Å². The molecule has 0 aliphatic carbocycles. The van der Waals surface area contributed by atoms with E-state index in [1.165, 1.54) is 0 Å². The summed E-state index contributed by atoms with van der Waals surface area (Å²) in [5, 5.41) is 51.1. The molecule has 5 N–H and O–H groups in total. The van der Waals surface area contributed by atoms with Gasteiger partial charge >= 0.3 is 0 Å². The van der Waals surface area contributed by atoms with E-state index in [4.69, 9.17) is 14.2 Å². The SMILES string of the molecule is Cc1ccc([C@]2(O)O[C@H](CO)[C@@H](O)[C@H](O)[C@H]2O)cc1Cc1ccc(O[C@@H]2CCOC2)cc1. The number of ether oxygens (including phenoxy) is 3. The van der Waals surface area contributed by atoms with Crippen LogP contribution in [0.1, 0.15) is 28.7 Å². The van der Waals surface area contributed by atoms with Crippen molar-refractivity contribution in [3.05, 3.63) is 64.7 Å². The lowest BCUT2D eigenvalue weighted by Gasteiger charge is -2.45. The second-order valence-electron chi connectivity index (χ2n) is 8.53. The minimum absolute atomic E-state index is 0.0825. The van der Waals surface area contributed by atoms with Crippen LogP contribution in [0.15, 0.2) is 42.5 Å². The van der Waals surface area contributed by atoms with Crippen LogP contribution >= 0.6 is 0 Å². The predicted molar refractivity (Wildman–Crippen MR) is 114 cm³/mol. The van der Waals surface area contributed by atoms with E-state index in [1.54, 1.807) is 18.2 Å². The van der Waals surface area contributed by atoms with Crippen molar-refractivity contribution in [2.24, 2.45) is 0 Å². The highest BCUT2D eigenvalue weighted by molar-refractivity contribution is 5.39. The summed E-state index contributed by atoms with van der Waals surface area (Å²) in [6, 6.07) is 12.9. The summed E-state index contributed by atoms with van der Waals surface area (Å²) in [6.45, 7) is 2.65. The third-order valence-electron chi connectivity index (χ3n) is 6.24. The Labute approximate surface area is 186 Å². The lowest BCUT2D eigenvalue weighted by atomic mass is 9.86. The molecule has 2 saturated heterocycles. The molecule has 0 saturated carbocycles. The van der Waals surface area contributed by atoms with Crippen molar-refractivity contribution in [3.8, 4) is 5.75 Å². The molecule has 174 valence electrons. The summed E-state index contributed by atoms with van der Waals surface area (Å²) >= 11 is 0. The van der Waals surface area contributed by atoms with Crippen LogP contribution in [0, 0.1) is 6.92 Å². The van der Waals surface area contributed by atoms with Crippen LogP contribution in [-0.4, -0.2) is 75.9 Å². The number of aliphatic hydroxyl groups is 5. The van der Waals surface area contributed by atoms with Crippen molar-refractivity contribution >= 4 is 0 Å². The largest absolute Gasteiger partial charge is 0.488 e. The summed E-state index contributed by atoms with van der Waals surface area (Å²) in [6.07, 6.45) is -4.68. The van der Waals surface area contributed by atoms with Crippen molar-refractivity contribution in [2.45, 2.75) is 56.1 Å². The Morgan fingerprint density at radius 2 is 1.81 bits per heavy atom. The molecule has 2 heterocycles. The first kappa shape index (κ1) is 23.1. The zero-order valence-electron chi connectivity index (χ0n) is 17.9. The Hall–Kier alpha value is -2.04. The van der Waals surface area contributed by atoms with Gasteiger partial charge in [0.2, 0.25) is 5.79 Å². The summed E-state index contributed by atoms with van der Waals surface area (Å²) in [5.74, 6) is -1.49. The smallest absolute Gasteiger partial charge is 0.222 e. The number of benzene rings is 2. The minimum atomic E-state index is -2.27. The van der Waals surface area contributed by atoms with Gasteiger partial charge in [0.25, 0.3) is 0 Å². The van der Waals surface area contributed by atoms with Gasteiger partial charge in [0.15, 0.2) is 0 Å². The van der Waals surface area contributed by atoms with Crippen LogP contribution in [0.5, 0.6) is 5.75 Å². The third kappa shape index (κ3) is 4.53. The van der Waals surface area contributed by atoms with Gasteiger partial charge in [0, 0.05) is 12.0 Å². The number of hydrogen-bond acceptors (Lipinski definition) is 8. The standard InChI is InChI=1S/C24H30O8/c1-14-2-5-17(24(29)23(28)22(27)21(26)20(12-25)32-24)11-16(14)10-15-3-6-18(7-4-15)31-19-8-9-30-13-19/h2-7,11,19-23,25-29H,8-10,12-13H2,1H3/t19-,20-,21-,22+,23-,24+/m1/s1. The zero-order chi connectivity index (χ0) is 22.9. The van der Waals surface area contributed by atoms with Crippen molar-refractivity contribution in [3.63, 3.8) is 0 Å². The van der Waals surface area contributed by atoms with Gasteiger partial charge in [0.05, 0.1) is 19.8 Å². The molecule has 32 heavy (non-hydrogen) atoms. The second-order valence-corrected chi connectivity index (χ2v) is 8.53. The van der Waals surface area contributed by atoms with Gasteiger partial charge in [-0.15, -0.1) is 0 Å². The van der Waals surface area contributed by atoms with E-state index < -0.39 is 36.8 Å². The molecule has 6 atom stereocenters. The Morgan fingerprint density at radius 1 is 1.06 bits per heavy atom. The molecule has 0 bridgehead atoms. The number of aryl methyl sites for hydroxylation is 1. The van der Waals surface area contributed by atoms with Crippen molar-refractivity contribution in [2.75, 3.05) is 19.8 Å². The van der Waals surface area contributed by atoms with Gasteiger partial charge in [-0.3, -0.25) is 0 Å². The van der Waals surface area contributed by atoms with Crippen LogP contribution < -0.4 is 4.74 Å². The van der Waals surface area contributed by atoms with E-state index in [0.29, 0.717) is 13.0 Å². The quantitative estimate of drug-likeness (QED) is 0.431. The average molecular weight is 446 g/mol. The van der Waals surface area contributed by atoms with Crippen molar-refractivity contribution in [1.29, 1.82) is 0 Å². The molecule has 0 spiro atoms. The molecular formula is C24H30O8. The van der Waals surface area contributed by atoms with Gasteiger partial charge in [-0.2, -0.15) is 0 Å².